The van der Waals surface area contributed by atoms with Crippen LogP contribution in [0.2, 0.25) is 0 Å². The Morgan fingerprint density at radius 1 is 1.08 bits per heavy atom. The van der Waals surface area contributed by atoms with Gasteiger partial charge in [0.2, 0.25) is 5.91 Å². The van der Waals surface area contributed by atoms with Crippen LogP contribution in [-0.2, 0) is 20.7 Å². The van der Waals surface area contributed by atoms with Gasteiger partial charge < -0.3 is 15.4 Å². The second-order valence-electron chi connectivity index (χ2n) is 6.67. The van der Waals surface area contributed by atoms with Gasteiger partial charge in [0.15, 0.2) is 5.11 Å². The zero-order valence-corrected chi connectivity index (χ0v) is 16.0. The van der Waals surface area contributed by atoms with Gasteiger partial charge in [0.25, 0.3) is 0 Å². The summed E-state index contributed by atoms with van der Waals surface area (Å²) in [5.41, 5.74) is 1.24. The lowest BCUT2D eigenvalue weighted by molar-refractivity contribution is -0.143. The van der Waals surface area contributed by atoms with E-state index in [1.807, 2.05) is 18.2 Å². The van der Waals surface area contributed by atoms with Crippen molar-refractivity contribution in [1.29, 1.82) is 0 Å². The molecule has 1 aliphatic carbocycles. The lowest BCUT2D eigenvalue weighted by Crippen LogP contribution is -2.43. The topological polar surface area (TPSA) is 67.4 Å². The monoisotopic (exact) mass is 376 g/mol. The number of rotatable bonds is 9. The van der Waals surface area contributed by atoms with Crippen LogP contribution < -0.4 is 10.6 Å². The zero-order chi connectivity index (χ0) is 18.6. The van der Waals surface area contributed by atoms with E-state index in [9.17, 15) is 9.59 Å². The third-order valence-electron chi connectivity index (χ3n) is 4.44. The fourth-order valence-corrected chi connectivity index (χ4v) is 3.33. The molecule has 6 heteroatoms. The Morgan fingerprint density at radius 3 is 2.54 bits per heavy atom. The van der Waals surface area contributed by atoms with Crippen molar-refractivity contribution in [1.82, 2.24) is 10.6 Å². The lowest BCUT2D eigenvalue weighted by atomic mass is 10.1. The van der Waals surface area contributed by atoms with Crippen LogP contribution in [0.5, 0.6) is 0 Å². The van der Waals surface area contributed by atoms with Crippen molar-refractivity contribution >= 4 is 29.2 Å². The van der Waals surface area contributed by atoms with Crippen LogP contribution in [0, 0.1) is 0 Å². The first kappa shape index (κ1) is 20.4. The Kier molecular flexibility index (Phi) is 9.10. The number of carbonyl (C=O) groups is 2. The molecule has 5 nitrogen and oxygen atoms in total. The predicted octanol–water partition coefficient (Wildman–Crippen LogP) is 3.27. The summed E-state index contributed by atoms with van der Waals surface area (Å²) in [4.78, 5) is 23.5. The standard InChI is InChI=1S/C20H28N2O3S/c23-18(22-20(26)21-17-11-4-5-12-17)13-6-14-19(24)25-15-7-10-16-8-2-1-3-9-16/h1-3,8-9,17H,4-7,10-15H2,(H2,21,22,23,26). The molecule has 1 aromatic carbocycles. The van der Waals surface area contributed by atoms with Gasteiger partial charge in [0, 0.05) is 18.9 Å². The molecule has 26 heavy (non-hydrogen) atoms. The largest absolute Gasteiger partial charge is 0.466 e. The van der Waals surface area contributed by atoms with Crippen LogP contribution in [0.25, 0.3) is 0 Å². The first-order chi connectivity index (χ1) is 12.6. The van der Waals surface area contributed by atoms with Crippen molar-refractivity contribution in [2.75, 3.05) is 6.61 Å². The third kappa shape index (κ3) is 8.43. The molecule has 0 bridgehead atoms. The minimum Gasteiger partial charge on any atom is -0.466 e. The van der Waals surface area contributed by atoms with E-state index >= 15 is 0 Å². The SMILES string of the molecule is O=C(CCCC(=O)OCCCc1ccccc1)NC(=S)NC1CCCC1. The Hall–Kier alpha value is -1.95. The van der Waals surface area contributed by atoms with Gasteiger partial charge in [-0.3, -0.25) is 9.59 Å². The van der Waals surface area contributed by atoms with Crippen molar-refractivity contribution in [3.63, 3.8) is 0 Å². The number of aryl methyl sites for hydroxylation is 1. The number of nitrogens with one attached hydrogen (secondary N) is 2. The molecule has 0 aromatic heterocycles. The van der Waals surface area contributed by atoms with Crippen molar-refractivity contribution in [3.05, 3.63) is 35.9 Å². The maximum atomic E-state index is 11.8. The highest BCUT2D eigenvalue weighted by molar-refractivity contribution is 7.80. The number of amides is 1. The molecular formula is C20H28N2O3S. The molecule has 0 spiro atoms. The second-order valence-corrected chi connectivity index (χ2v) is 7.07. The Labute approximate surface area is 160 Å². The molecule has 1 aliphatic rings. The molecule has 0 aliphatic heterocycles. The van der Waals surface area contributed by atoms with E-state index in [1.165, 1.54) is 18.4 Å². The Bertz CT molecular complexity index is 586. The predicted molar refractivity (Wildman–Crippen MR) is 106 cm³/mol. The molecule has 2 rings (SSSR count). The normalized spacial score (nSPS) is 14.0. The highest BCUT2D eigenvalue weighted by Gasteiger charge is 2.16. The van der Waals surface area contributed by atoms with E-state index < -0.39 is 0 Å². The summed E-state index contributed by atoms with van der Waals surface area (Å²) in [7, 11) is 0. The molecule has 0 unspecified atom stereocenters. The Balaban J connectivity index is 1.48. The fourth-order valence-electron chi connectivity index (χ4n) is 3.05. The van der Waals surface area contributed by atoms with Gasteiger partial charge in [0.1, 0.15) is 0 Å². The first-order valence-corrected chi connectivity index (χ1v) is 9.84. The van der Waals surface area contributed by atoms with Gasteiger partial charge in [-0.25, -0.2) is 0 Å². The van der Waals surface area contributed by atoms with Crippen molar-refractivity contribution in [2.45, 2.75) is 63.8 Å². The van der Waals surface area contributed by atoms with Gasteiger partial charge in [-0.1, -0.05) is 43.2 Å². The summed E-state index contributed by atoms with van der Waals surface area (Å²) in [6, 6.07) is 10.5. The third-order valence-corrected chi connectivity index (χ3v) is 4.66. The van der Waals surface area contributed by atoms with Gasteiger partial charge in [-0.05, 0) is 49.9 Å². The summed E-state index contributed by atoms with van der Waals surface area (Å²) in [5, 5.41) is 6.24. The summed E-state index contributed by atoms with van der Waals surface area (Å²) in [5.74, 6) is -0.408. The quantitative estimate of drug-likeness (QED) is 0.393. The van der Waals surface area contributed by atoms with Crippen LogP contribution in [0.1, 0.15) is 56.9 Å². The van der Waals surface area contributed by atoms with Gasteiger partial charge in [0.05, 0.1) is 6.61 Å². The smallest absolute Gasteiger partial charge is 0.305 e. The number of thiocarbonyl (C=S) groups is 1. The average Bonchev–Trinajstić information content (AvgIpc) is 3.12. The molecule has 1 fully saturated rings. The molecule has 0 radical (unpaired) electrons. The molecule has 1 saturated carbocycles. The number of ether oxygens (including phenoxy) is 1. The fraction of sp³-hybridized carbons (Fsp3) is 0.550. The van der Waals surface area contributed by atoms with Gasteiger partial charge >= 0.3 is 5.97 Å². The lowest BCUT2D eigenvalue weighted by Gasteiger charge is -2.14. The second kappa shape index (κ2) is 11.6. The number of benzene rings is 1. The maximum absolute atomic E-state index is 11.8. The van der Waals surface area contributed by atoms with Gasteiger partial charge in [-0.15, -0.1) is 0 Å². The van der Waals surface area contributed by atoms with E-state index in [1.54, 1.807) is 0 Å². The number of carbonyl (C=O) groups excluding carboxylic acids is 2. The number of hydrogen-bond donors (Lipinski definition) is 2. The first-order valence-electron chi connectivity index (χ1n) is 9.43. The van der Waals surface area contributed by atoms with Crippen LogP contribution in [-0.4, -0.2) is 29.6 Å². The summed E-state index contributed by atoms with van der Waals surface area (Å²) >= 11 is 5.15. The summed E-state index contributed by atoms with van der Waals surface area (Å²) in [6.45, 7) is 0.412. The summed E-state index contributed by atoms with van der Waals surface area (Å²) < 4.78 is 5.21. The summed E-state index contributed by atoms with van der Waals surface area (Å²) in [6.07, 6.45) is 7.31. The molecule has 0 atom stereocenters. The minimum absolute atomic E-state index is 0.155. The molecule has 1 aromatic rings. The number of hydrogen-bond acceptors (Lipinski definition) is 4. The molecule has 1 amide bonds. The maximum Gasteiger partial charge on any atom is 0.305 e. The molecule has 0 heterocycles. The van der Waals surface area contributed by atoms with E-state index in [0.29, 0.717) is 24.2 Å². The van der Waals surface area contributed by atoms with Crippen LogP contribution in [0.4, 0.5) is 0 Å². The van der Waals surface area contributed by atoms with Crippen molar-refractivity contribution in [2.24, 2.45) is 0 Å². The molecule has 0 saturated heterocycles. The number of esters is 1. The average molecular weight is 377 g/mol. The van der Waals surface area contributed by atoms with Crippen molar-refractivity contribution < 1.29 is 14.3 Å². The van der Waals surface area contributed by atoms with E-state index in [0.717, 1.165) is 25.7 Å². The molecule has 2 N–H and O–H groups in total. The highest BCUT2D eigenvalue weighted by Crippen LogP contribution is 2.17. The van der Waals surface area contributed by atoms with Crippen molar-refractivity contribution in [3.8, 4) is 0 Å². The van der Waals surface area contributed by atoms with E-state index in [-0.39, 0.29) is 24.7 Å². The zero-order valence-electron chi connectivity index (χ0n) is 15.2. The van der Waals surface area contributed by atoms with Crippen LogP contribution >= 0.6 is 12.2 Å². The minimum atomic E-state index is -0.252. The van der Waals surface area contributed by atoms with Crippen LogP contribution in [0.15, 0.2) is 30.3 Å². The van der Waals surface area contributed by atoms with E-state index in [2.05, 4.69) is 22.8 Å². The Morgan fingerprint density at radius 2 is 1.81 bits per heavy atom. The highest BCUT2D eigenvalue weighted by atomic mass is 32.1. The van der Waals surface area contributed by atoms with Crippen LogP contribution in [0.3, 0.4) is 0 Å². The molecular weight excluding hydrogens is 348 g/mol. The molecule has 142 valence electrons. The van der Waals surface area contributed by atoms with E-state index in [4.69, 9.17) is 17.0 Å². The van der Waals surface area contributed by atoms with Gasteiger partial charge in [-0.2, -0.15) is 0 Å².